The maximum atomic E-state index is 5.81. The average Bonchev–Trinajstić information content (AvgIpc) is 3.08. The molecule has 1 aliphatic heterocycles. The molecule has 0 spiro atoms. The van der Waals surface area contributed by atoms with E-state index in [0.717, 1.165) is 57.7 Å². The molecule has 1 atom stereocenters. The summed E-state index contributed by atoms with van der Waals surface area (Å²) in [7, 11) is 0. The summed E-state index contributed by atoms with van der Waals surface area (Å²) in [6.07, 6.45) is 1.80. The Kier molecular flexibility index (Phi) is 10.6. The molecule has 0 aromatic carbocycles. The summed E-state index contributed by atoms with van der Waals surface area (Å²) in [5.41, 5.74) is -0.0351. The molecule has 7 nitrogen and oxygen atoms in total. The summed E-state index contributed by atoms with van der Waals surface area (Å²) < 4.78 is 11.2. The van der Waals surface area contributed by atoms with Crippen LogP contribution in [-0.4, -0.2) is 61.8 Å². The van der Waals surface area contributed by atoms with E-state index in [1.807, 2.05) is 0 Å². The van der Waals surface area contributed by atoms with Gasteiger partial charge < -0.3 is 19.8 Å². The minimum absolute atomic E-state index is 0. The minimum Gasteiger partial charge on any atom is -0.443 e. The Hall–Kier alpha value is -0.870. The Morgan fingerprint density at radius 2 is 2.00 bits per heavy atom. The van der Waals surface area contributed by atoms with Crippen molar-refractivity contribution in [3.8, 4) is 0 Å². The van der Waals surface area contributed by atoms with Crippen molar-refractivity contribution in [2.45, 2.75) is 46.6 Å². The van der Waals surface area contributed by atoms with Crippen molar-refractivity contribution in [2.24, 2.45) is 10.9 Å². The first-order valence-corrected chi connectivity index (χ1v) is 9.66. The van der Waals surface area contributed by atoms with Crippen LogP contribution in [0.2, 0.25) is 0 Å². The molecule has 0 amide bonds. The SMILES string of the molecule is CCNC(=NCc1ncc(C(C)(C)C)o1)NCC(C)CN1CCOCC1.I. The summed E-state index contributed by atoms with van der Waals surface area (Å²) >= 11 is 0. The summed E-state index contributed by atoms with van der Waals surface area (Å²) in [5.74, 6) is 2.87. The third kappa shape index (κ3) is 8.78. The highest BCUT2D eigenvalue weighted by Crippen LogP contribution is 2.22. The molecule has 0 bridgehead atoms. The van der Waals surface area contributed by atoms with Crippen LogP contribution in [-0.2, 0) is 16.7 Å². The number of aromatic nitrogens is 1. The fraction of sp³-hybridized carbons (Fsp3) is 0.789. The molecule has 1 aromatic rings. The lowest BCUT2D eigenvalue weighted by atomic mass is 9.94. The number of guanidine groups is 1. The normalized spacial score (nSPS) is 17.3. The van der Waals surface area contributed by atoms with Crippen LogP contribution in [0.25, 0.3) is 0 Å². The van der Waals surface area contributed by atoms with Crippen molar-refractivity contribution < 1.29 is 9.15 Å². The highest BCUT2D eigenvalue weighted by Gasteiger charge is 2.19. The molecule has 2 rings (SSSR count). The Labute approximate surface area is 180 Å². The highest BCUT2D eigenvalue weighted by atomic mass is 127. The first-order chi connectivity index (χ1) is 12.4. The maximum Gasteiger partial charge on any atom is 0.216 e. The number of aliphatic imine (C=N–C) groups is 1. The molecule has 27 heavy (non-hydrogen) atoms. The average molecular weight is 493 g/mol. The summed E-state index contributed by atoms with van der Waals surface area (Å²) in [6, 6.07) is 0. The molecule has 8 heteroatoms. The van der Waals surface area contributed by atoms with E-state index < -0.39 is 0 Å². The maximum absolute atomic E-state index is 5.81. The molecule has 156 valence electrons. The van der Waals surface area contributed by atoms with E-state index in [9.17, 15) is 0 Å². The van der Waals surface area contributed by atoms with Crippen LogP contribution in [0.4, 0.5) is 0 Å². The zero-order valence-electron chi connectivity index (χ0n) is 17.4. The van der Waals surface area contributed by atoms with Crippen LogP contribution in [0.3, 0.4) is 0 Å². The molecule has 1 saturated heterocycles. The van der Waals surface area contributed by atoms with Gasteiger partial charge in [0.2, 0.25) is 5.89 Å². The van der Waals surface area contributed by atoms with Gasteiger partial charge in [-0.15, -0.1) is 24.0 Å². The van der Waals surface area contributed by atoms with Gasteiger partial charge in [-0.3, -0.25) is 4.90 Å². The fourth-order valence-electron chi connectivity index (χ4n) is 2.78. The summed E-state index contributed by atoms with van der Waals surface area (Å²) in [4.78, 5) is 11.4. The van der Waals surface area contributed by atoms with Crippen LogP contribution in [0, 0.1) is 5.92 Å². The number of ether oxygens (including phenoxy) is 1. The monoisotopic (exact) mass is 493 g/mol. The second kappa shape index (κ2) is 11.9. The molecule has 1 fully saturated rings. The van der Waals surface area contributed by atoms with Gasteiger partial charge in [0.25, 0.3) is 0 Å². The highest BCUT2D eigenvalue weighted by molar-refractivity contribution is 14.0. The van der Waals surface area contributed by atoms with Gasteiger partial charge in [-0.2, -0.15) is 0 Å². The summed E-state index contributed by atoms with van der Waals surface area (Å²) in [5, 5.41) is 6.71. The third-order valence-corrected chi connectivity index (χ3v) is 4.30. The Morgan fingerprint density at radius 1 is 1.30 bits per heavy atom. The second-order valence-electron chi connectivity index (χ2n) is 7.96. The zero-order chi connectivity index (χ0) is 19.0. The van der Waals surface area contributed by atoms with Crippen molar-refractivity contribution in [1.29, 1.82) is 0 Å². The van der Waals surface area contributed by atoms with E-state index in [1.54, 1.807) is 6.20 Å². The molecule has 1 unspecified atom stereocenters. The van der Waals surface area contributed by atoms with Crippen LogP contribution >= 0.6 is 24.0 Å². The zero-order valence-corrected chi connectivity index (χ0v) is 19.7. The Bertz CT molecular complexity index is 565. The van der Waals surface area contributed by atoms with Crippen LogP contribution in [0.15, 0.2) is 15.6 Å². The lowest BCUT2D eigenvalue weighted by Gasteiger charge is -2.29. The van der Waals surface area contributed by atoms with E-state index in [0.29, 0.717) is 18.4 Å². The fourth-order valence-corrected chi connectivity index (χ4v) is 2.78. The first kappa shape index (κ1) is 24.2. The second-order valence-corrected chi connectivity index (χ2v) is 7.96. The van der Waals surface area contributed by atoms with E-state index in [1.165, 1.54) is 0 Å². The van der Waals surface area contributed by atoms with E-state index in [-0.39, 0.29) is 29.4 Å². The smallest absolute Gasteiger partial charge is 0.216 e. The van der Waals surface area contributed by atoms with Gasteiger partial charge in [-0.25, -0.2) is 9.98 Å². The van der Waals surface area contributed by atoms with Gasteiger partial charge in [0, 0.05) is 38.1 Å². The lowest BCUT2D eigenvalue weighted by Crippen LogP contribution is -2.44. The third-order valence-electron chi connectivity index (χ3n) is 4.30. The number of rotatable bonds is 7. The minimum atomic E-state index is -0.0351. The largest absolute Gasteiger partial charge is 0.443 e. The van der Waals surface area contributed by atoms with Gasteiger partial charge in [0.05, 0.1) is 19.4 Å². The molecular formula is C19H36IN5O2. The molecule has 1 aromatic heterocycles. The predicted octanol–water partition coefficient (Wildman–Crippen LogP) is 2.61. The van der Waals surface area contributed by atoms with Crippen molar-refractivity contribution in [2.75, 3.05) is 45.9 Å². The Balaban J connectivity index is 0.00000364. The van der Waals surface area contributed by atoms with Crippen molar-refractivity contribution in [3.63, 3.8) is 0 Å². The van der Waals surface area contributed by atoms with E-state index in [4.69, 9.17) is 9.15 Å². The quantitative estimate of drug-likeness (QED) is 0.346. The van der Waals surface area contributed by atoms with Crippen LogP contribution in [0.5, 0.6) is 0 Å². The lowest BCUT2D eigenvalue weighted by molar-refractivity contribution is 0.0320. The van der Waals surface area contributed by atoms with Gasteiger partial charge in [-0.05, 0) is 12.8 Å². The number of hydrogen-bond donors (Lipinski definition) is 2. The van der Waals surface area contributed by atoms with Gasteiger partial charge >= 0.3 is 0 Å². The predicted molar refractivity (Wildman–Crippen MR) is 120 cm³/mol. The molecular weight excluding hydrogens is 457 g/mol. The summed E-state index contributed by atoms with van der Waals surface area (Å²) in [6.45, 7) is 17.6. The molecule has 1 aliphatic rings. The van der Waals surface area contributed by atoms with Crippen molar-refractivity contribution in [1.82, 2.24) is 20.5 Å². The van der Waals surface area contributed by atoms with Crippen molar-refractivity contribution >= 4 is 29.9 Å². The van der Waals surface area contributed by atoms with Crippen molar-refractivity contribution in [3.05, 3.63) is 17.8 Å². The van der Waals surface area contributed by atoms with Crippen LogP contribution < -0.4 is 10.6 Å². The van der Waals surface area contributed by atoms with Gasteiger partial charge in [0.1, 0.15) is 12.3 Å². The Morgan fingerprint density at radius 3 is 2.59 bits per heavy atom. The number of halogens is 1. The number of nitrogens with one attached hydrogen (secondary N) is 2. The van der Waals surface area contributed by atoms with Crippen LogP contribution in [0.1, 0.15) is 46.3 Å². The van der Waals surface area contributed by atoms with E-state index in [2.05, 4.69) is 60.1 Å². The topological polar surface area (TPSA) is 74.9 Å². The number of oxazole rings is 1. The molecule has 0 saturated carbocycles. The molecule has 0 aliphatic carbocycles. The van der Waals surface area contributed by atoms with Gasteiger partial charge in [-0.1, -0.05) is 27.7 Å². The molecule has 2 N–H and O–H groups in total. The number of nitrogens with zero attached hydrogens (tertiary/aromatic N) is 3. The molecule has 2 heterocycles. The standard InChI is InChI=1S/C19H35N5O2.HI/c1-6-20-18(22-11-15(2)14-24-7-9-25-10-8-24)23-13-17-21-12-16(26-17)19(3,4)5;/h12,15H,6-11,13-14H2,1-5H3,(H2,20,22,23);1H. The first-order valence-electron chi connectivity index (χ1n) is 9.66. The van der Waals surface area contributed by atoms with E-state index >= 15 is 0 Å². The molecule has 0 radical (unpaired) electrons. The van der Waals surface area contributed by atoms with Gasteiger partial charge in [0.15, 0.2) is 5.96 Å². The number of morpholine rings is 1. The number of hydrogen-bond acceptors (Lipinski definition) is 5.